The van der Waals surface area contributed by atoms with Gasteiger partial charge in [0.2, 0.25) is 0 Å². The molecular formula is C16H27N3. The molecule has 2 N–H and O–H groups in total. The molecule has 0 bridgehead atoms. The van der Waals surface area contributed by atoms with E-state index in [9.17, 15) is 0 Å². The van der Waals surface area contributed by atoms with E-state index < -0.39 is 0 Å². The fourth-order valence-electron chi connectivity index (χ4n) is 3.20. The van der Waals surface area contributed by atoms with Gasteiger partial charge in [0.1, 0.15) is 0 Å². The Morgan fingerprint density at radius 2 is 2.16 bits per heavy atom. The summed E-state index contributed by atoms with van der Waals surface area (Å²) in [5.41, 5.74) is 10.5. The van der Waals surface area contributed by atoms with E-state index in [1.165, 1.54) is 17.0 Å². The minimum atomic E-state index is 0.211. The standard InChI is InChI=1S/C16H27N3/c1-5-14-9-15(19(6-2)18-14)8-12-7-13(17)11-16(3,4)10-12/h7,9,13H,5-6,8,10-11,17H2,1-4H3. The van der Waals surface area contributed by atoms with Gasteiger partial charge in [0.25, 0.3) is 0 Å². The van der Waals surface area contributed by atoms with Gasteiger partial charge in [-0.3, -0.25) is 4.68 Å². The van der Waals surface area contributed by atoms with Gasteiger partial charge in [-0.2, -0.15) is 5.10 Å². The molecule has 0 aliphatic heterocycles. The third kappa shape index (κ3) is 3.47. The number of nitrogens with zero attached hydrogens (tertiary/aromatic N) is 2. The summed E-state index contributed by atoms with van der Waals surface area (Å²) in [6, 6.07) is 2.46. The van der Waals surface area contributed by atoms with Gasteiger partial charge in [0, 0.05) is 24.7 Å². The van der Waals surface area contributed by atoms with Crippen molar-refractivity contribution in [3.05, 3.63) is 29.1 Å². The lowest BCUT2D eigenvalue weighted by Crippen LogP contribution is -2.31. The number of rotatable bonds is 4. The lowest BCUT2D eigenvalue weighted by Gasteiger charge is -2.33. The fourth-order valence-corrected chi connectivity index (χ4v) is 3.20. The van der Waals surface area contributed by atoms with Crippen LogP contribution >= 0.6 is 0 Å². The topological polar surface area (TPSA) is 43.8 Å². The summed E-state index contributed by atoms with van der Waals surface area (Å²) >= 11 is 0. The van der Waals surface area contributed by atoms with Gasteiger partial charge in [0.15, 0.2) is 0 Å². The highest BCUT2D eigenvalue weighted by atomic mass is 15.3. The van der Waals surface area contributed by atoms with Gasteiger partial charge in [-0.15, -0.1) is 0 Å². The van der Waals surface area contributed by atoms with Crippen LogP contribution < -0.4 is 5.73 Å². The molecule has 0 amide bonds. The average molecular weight is 261 g/mol. The Balaban J connectivity index is 2.18. The first-order valence-corrected chi connectivity index (χ1v) is 7.44. The van der Waals surface area contributed by atoms with Gasteiger partial charge >= 0.3 is 0 Å². The Morgan fingerprint density at radius 1 is 1.42 bits per heavy atom. The van der Waals surface area contributed by atoms with Crippen LogP contribution in [-0.2, 0) is 19.4 Å². The number of aryl methyl sites for hydroxylation is 2. The van der Waals surface area contributed by atoms with Crippen molar-refractivity contribution in [3.8, 4) is 0 Å². The van der Waals surface area contributed by atoms with Gasteiger partial charge < -0.3 is 5.73 Å². The molecule has 1 aliphatic carbocycles. The first-order valence-electron chi connectivity index (χ1n) is 7.44. The molecule has 0 saturated carbocycles. The molecule has 1 unspecified atom stereocenters. The summed E-state index contributed by atoms with van der Waals surface area (Å²) < 4.78 is 2.13. The summed E-state index contributed by atoms with van der Waals surface area (Å²) in [4.78, 5) is 0. The number of nitrogens with two attached hydrogens (primary N) is 1. The van der Waals surface area contributed by atoms with Crippen LogP contribution in [-0.4, -0.2) is 15.8 Å². The van der Waals surface area contributed by atoms with Crippen molar-refractivity contribution in [2.24, 2.45) is 11.1 Å². The fraction of sp³-hybridized carbons (Fsp3) is 0.688. The molecule has 0 fully saturated rings. The van der Waals surface area contributed by atoms with Crippen molar-refractivity contribution >= 4 is 0 Å². The average Bonchev–Trinajstić information content (AvgIpc) is 2.68. The quantitative estimate of drug-likeness (QED) is 0.846. The van der Waals surface area contributed by atoms with Gasteiger partial charge in [0.05, 0.1) is 5.69 Å². The van der Waals surface area contributed by atoms with E-state index in [1.54, 1.807) is 0 Å². The van der Waals surface area contributed by atoms with E-state index in [4.69, 9.17) is 5.73 Å². The van der Waals surface area contributed by atoms with E-state index in [0.29, 0.717) is 5.41 Å². The molecule has 0 spiro atoms. The summed E-state index contributed by atoms with van der Waals surface area (Å²) in [5, 5.41) is 4.63. The summed E-state index contributed by atoms with van der Waals surface area (Å²) in [5.74, 6) is 0. The first-order chi connectivity index (χ1) is 8.93. The molecule has 1 aliphatic rings. The van der Waals surface area contributed by atoms with Crippen LogP contribution in [0.2, 0.25) is 0 Å². The molecule has 1 aromatic rings. The van der Waals surface area contributed by atoms with E-state index >= 15 is 0 Å². The molecule has 0 radical (unpaired) electrons. The molecule has 19 heavy (non-hydrogen) atoms. The van der Waals surface area contributed by atoms with Crippen LogP contribution in [0.4, 0.5) is 0 Å². The third-order valence-electron chi connectivity index (χ3n) is 3.93. The highest BCUT2D eigenvalue weighted by molar-refractivity contribution is 5.22. The molecule has 3 nitrogen and oxygen atoms in total. The molecule has 1 atom stereocenters. The lowest BCUT2D eigenvalue weighted by atomic mass is 9.74. The Labute approximate surface area is 116 Å². The van der Waals surface area contributed by atoms with Crippen LogP contribution in [0.25, 0.3) is 0 Å². The predicted octanol–water partition coefficient (Wildman–Crippen LogP) is 3.08. The zero-order valence-corrected chi connectivity index (χ0v) is 12.7. The molecule has 0 aromatic carbocycles. The molecule has 1 heterocycles. The van der Waals surface area contributed by atoms with Crippen molar-refractivity contribution in [2.75, 3.05) is 0 Å². The van der Waals surface area contributed by atoms with Gasteiger partial charge in [-0.1, -0.05) is 32.4 Å². The lowest BCUT2D eigenvalue weighted by molar-refractivity contribution is 0.299. The number of allylic oxidation sites excluding steroid dienone is 1. The normalized spacial score (nSPS) is 22.4. The molecule has 3 heteroatoms. The second-order valence-corrected chi connectivity index (χ2v) is 6.51. The minimum Gasteiger partial charge on any atom is -0.324 e. The monoisotopic (exact) mass is 261 g/mol. The second-order valence-electron chi connectivity index (χ2n) is 6.51. The van der Waals surface area contributed by atoms with Crippen molar-refractivity contribution < 1.29 is 0 Å². The second kappa shape index (κ2) is 5.49. The molecule has 2 rings (SSSR count). The van der Waals surface area contributed by atoms with Gasteiger partial charge in [-0.25, -0.2) is 0 Å². The summed E-state index contributed by atoms with van der Waals surface area (Å²) in [6.07, 6.45) is 6.51. The van der Waals surface area contributed by atoms with Crippen molar-refractivity contribution in [2.45, 2.75) is 66.0 Å². The smallest absolute Gasteiger partial charge is 0.0624 e. The number of hydrogen-bond acceptors (Lipinski definition) is 2. The SMILES string of the molecule is CCc1cc(CC2=CC(N)CC(C)(C)C2)n(CC)n1. The van der Waals surface area contributed by atoms with Crippen molar-refractivity contribution in [1.82, 2.24) is 9.78 Å². The number of aromatic nitrogens is 2. The molecular weight excluding hydrogens is 234 g/mol. The summed E-state index contributed by atoms with van der Waals surface area (Å²) in [6.45, 7) is 9.88. The summed E-state index contributed by atoms with van der Waals surface area (Å²) in [7, 11) is 0. The minimum absolute atomic E-state index is 0.211. The highest BCUT2D eigenvalue weighted by Gasteiger charge is 2.27. The van der Waals surface area contributed by atoms with Gasteiger partial charge in [-0.05, 0) is 37.7 Å². The Kier molecular flexibility index (Phi) is 4.14. The maximum Gasteiger partial charge on any atom is 0.0624 e. The third-order valence-corrected chi connectivity index (χ3v) is 3.93. The van der Waals surface area contributed by atoms with Crippen LogP contribution in [0.3, 0.4) is 0 Å². The van der Waals surface area contributed by atoms with E-state index in [-0.39, 0.29) is 6.04 Å². The van der Waals surface area contributed by atoms with Crippen molar-refractivity contribution in [3.63, 3.8) is 0 Å². The van der Waals surface area contributed by atoms with Crippen LogP contribution in [0.15, 0.2) is 17.7 Å². The highest BCUT2D eigenvalue weighted by Crippen LogP contribution is 2.35. The maximum atomic E-state index is 6.16. The molecule has 1 aromatic heterocycles. The molecule has 0 saturated heterocycles. The van der Waals surface area contributed by atoms with Crippen molar-refractivity contribution in [1.29, 1.82) is 0 Å². The van der Waals surface area contributed by atoms with Crippen LogP contribution in [0, 0.1) is 5.41 Å². The van der Waals surface area contributed by atoms with E-state index in [2.05, 4.69) is 49.6 Å². The molecule has 106 valence electrons. The van der Waals surface area contributed by atoms with E-state index in [0.717, 1.165) is 32.2 Å². The Hall–Kier alpha value is -1.09. The van der Waals surface area contributed by atoms with Crippen LogP contribution in [0.5, 0.6) is 0 Å². The van der Waals surface area contributed by atoms with E-state index in [1.807, 2.05) is 0 Å². The number of hydrogen-bond donors (Lipinski definition) is 1. The van der Waals surface area contributed by atoms with Crippen LogP contribution in [0.1, 0.15) is 51.9 Å². The zero-order valence-electron chi connectivity index (χ0n) is 12.7. The maximum absolute atomic E-state index is 6.16. The Bertz CT molecular complexity index is 468. The largest absolute Gasteiger partial charge is 0.324 e. The zero-order chi connectivity index (χ0) is 14.0. The predicted molar refractivity (Wildman–Crippen MR) is 80.1 cm³/mol. The Morgan fingerprint density at radius 3 is 2.74 bits per heavy atom. The first kappa shape index (κ1) is 14.3.